The molecular formula is C11H17NS. The lowest BCUT2D eigenvalue weighted by molar-refractivity contribution is 0.332. The molecule has 0 amide bonds. The summed E-state index contributed by atoms with van der Waals surface area (Å²) in [6.45, 7) is 6.22. The molecule has 1 aliphatic rings. The average molecular weight is 195 g/mol. The lowest BCUT2D eigenvalue weighted by atomic mass is 10.2. The fraction of sp³-hybridized carbons (Fsp3) is 0.636. The number of likely N-dealkylation sites (tertiary alicyclic amines) is 1. The first-order chi connectivity index (χ1) is 6.34. The van der Waals surface area contributed by atoms with Crippen LogP contribution >= 0.6 is 11.3 Å². The minimum absolute atomic E-state index is 0.919. The van der Waals surface area contributed by atoms with Crippen molar-refractivity contribution in [2.24, 2.45) is 5.92 Å². The van der Waals surface area contributed by atoms with E-state index in [9.17, 15) is 0 Å². The SMILES string of the molecule is CC1CCN(CCc2ccsc2)C1. The Morgan fingerprint density at radius 2 is 2.54 bits per heavy atom. The second kappa shape index (κ2) is 4.25. The molecule has 0 aliphatic carbocycles. The molecule has 2 rings (SSSR count). The van der Waals surface area contributed by atoms with Crippen molar-refractivity contribution in [3.8, 4) is 0 Å². The maximum Gasteiger partial charge on any atom is 0.00222 e. The fourth-order valence-electron chi connectivity index (χ4n) is 1.95. The minimum Gasteiger partial charge on any atom is -0.303 e. The molecule has 1 aliphatic heterocycles. The minimum atomic E-state index is 0.919. The molecule has 72 valence electrons. The van der Waals surface area contributed by atoms with Crippen LogP contribution in [-0.4, -0.2) is 24.5 Å². The van der Waals surface area contributed by atoms with Gasteiger partial charge in [0.25, 0.3) is 0 Å². The topological polar surface area (TPSA) is 3.24 Å². The van der Waals surface area contributed by atoms with Crippen LogP contribution in [0.25, 0.3) is 0 Å². The molecule has 1 atom stereocenters. The lowest BCUT2D eigenvalue weighted by Gasteiger charge is -2.13. The van der Waals surface area contributed by atoms with E-state index >= 15 is 0 Å². The number of hydrogen-bond acceptors (Lipinski definition) is 2. The van der Waals surface area contributed by atoms with Crippen molar-refractivity contribution >= 4 is 11.3 Å². The predicted octanol–water partition coefficient (Wildman–Crippen LogP) is 2.63. The molecule has 1 aromatic rings. The standard InChI is InChI=1S/C11H17NS/c1-10-2-5-12(8-10)6-3-11-4-7-13-9-11/h4,7,9-10H,2-3,5-6,8H2,1H3. The third-order valence-corrected chi connectivity index (χ3v) is 3.54. The molecule has 1 nitrogen and oxygen atoms in total. The van der Waals surface area contributed by atoms with Crippen molar-refractivity contribution in [3.63, 3.8) is 0 Å². The maximum atomic E-state index is 2.59. The highest BCUT2D eigenvalue weighted by atomic mass is 32.1. The van der Waals surface area contributed by atoms with Gasteiger partial charge in [-0.05, 0) is 47.7 Å². The molecule has 2 heteroatoms. The van der Waals surface area contributed by atoms with Crippen molar-refractivity contribution in [1.82, 2.24) is 4.90 Å². The summed E-state index contributed by atoms with van der Waals surface area (Å²) in [7, 11) is 0. The summed E-state index contributed by atoms with van der Waals surface area (Å²) in [5.74, 6) is 0.919. The molecule has 0 bridgehead atoms. The predicted molar refractivity (Wildman–Crippen MR) is 58.2 cm³/mol. The highest BCUT2D eigenvalue weighted by Crippen LogP contribution is 2.15. The summed E-state index contributed by atoms with van der Waals surface area (Å²) < 4.78 is 0. The van der Waals surface area contributed by atoms with Gasteiger partial charge in [0.2, 0.25) is 0 Å². The van der Waals surface area contributed by atoms with Crippen molar-refractivity contribution in [2.75, 3.05) is 19.6 Å². The number of hydrogen-bond donors (Lipinski definition) is 0. The molecular weight excluding hydrogens is 178 g/mol. The number of rotatable bonds is 3. The molecule has 1 aromatic heterocycles. The summed E-state index contributed by atoms with van der Waals surface area (Å²) in [5.41, 5.74) is 1.50. The van der Waals surface area contributed by atoms with Crippen molar-refractivity contribution in [3.05, 3.63) is 22.4 Å². The van der Waals surface area contributed by atoms with E-state index in [1.165, 1.54) is 38.0 Å². The Bertz CT molecular complexity index is 243. The Hall–Kier alpha value is -0.340. The van der Waals surface area contributed by atoms with Crippen LogP contribution in [0.4, 0.5) is 0 Å². The van der Waals surface area contributed by atoms with Crippen LogP contribution in [0, 0.1) is 5.92 Å². The Labute approximate surface area is 84.4 Å². The molecule has 0 radical (unpaired) electrons. The first-order valence-corrected chi connectivity index (χ1v) is 6.02. The van der Waals surface area contributed by atoms with E-state index < -0.39 is 0 Å². The van der Waals surface area contributed by atoms with E-state index in [-0.39, 0.29) is 0 Å². The normalized spacial score (nSPS) is 23.9. The van der Waals surface area contributed by atoms with Crippen LogP contribution in [-0.2, 0) is 6.42 Å². The van der Waals surface area contributed by atoms with Gasteiger partial charge in [-0.2, -0.15) is 11.3 Å². The van der Waals surface area contributed by atoms with Gasteiger partial charge in [-0.15, -0.1) is 0 Å². The molecule has 1 saturated heterocycles. The van der Waals surface area contributed by atoms with Gasteiger partial charge in [0.05, 0.1) is 0 Å². The highest BCUT2D eigenvalue weighted by molar-refractivity contribution is 7.07. The number of thiophene rings is 1. The van der Waals surface area contributed by atoms with E-state index in [0.29, 0.717) is 0 Å². The first kappa shape index (κ1) is 9.22. The summed E-state index contributed by atoms with van der Waals surface area (Å²) in [6.07, 6.45) is 2.62. The van der Waals surface area contributed by atoms with Gasteiger partial charge < -0.3 is 4.90 Å². The Morgan fingerprint density at radius 1 is 1.62 bits per heavy atom. The van der Waals surface area contributed by atoms with Crippen LogP contribution in [0.3, 0.4) is 0 Å². The lowest BCUT2D eigenvalue weighted by Crippen LogP contribution is -2.22. The van der Waals surface area contributed by atoms with Gasteiger partial charge in [-0.1, -0.05) is 6.92 Å². The largest absolute Gasteiger partial charge is 0.303 e. The second-order valence-electron chi connectivity index (χ2n) is 4.08. The zero-order chi connectivity index (χ0) is 9.10. The van der Waals surface area contributed by atoms with E-state index in [4.69, 9.17) is 0 Å². The summed E-state index contributed by atoms with van der Waals surface area (Å²) >= 11 is 1.80. The van der Waals surface area contributed by atoms with Gasteiger partial charge >= 0.3 is 0 Å². The molecule has 1 fully saturated rings. The quantitative estimate of drug-likeness (QED) is 0.716. The summed E-state index contributed by atoms with van der Waals surface area (Å²) in [6, 6.07) is 2.24. The van der Waals surface area contributed by atoms with E-state index in [1.54, 1.807) is 11.3 Å². The highest BCUT2D eigenvalue weighted by Gasteiger charge is 2.17. The summed E-state index contributed by atoms with van der Waals surface area (Å²) in [5, 5.41) is 4.43. The van der Waals surface area contributed by atoms with Crippen LogP contribution in [0.2, 0.25) is 0 Å². The van der Waals surface area contributed by atoms with Crippen LogP contribution in [0.5, 0.6) is 0 Å². The zero-order valence-corrected chi connectivity index (χ0v) is 9.02. The van der Waals surface area contributed by atoms with Gasteiger partial charge in [-0.3, -0.25) is 0 Å². The van der Waals surface area contributed by atoms with Gasteiger partial charge in [0.1, 0.15) is 0 Å². The van der Waals surface area contributed by atoms with E-state index in [1.807, 2.05) is 0 Å². The molecule has 0 aromatic carbocycles. The van der Waals surface area contributed by atoms with Crippen LogP contribution in [0.1, 0.15) is 18.9 Å². The Morgan fingerprint density at radius 3 is 3.15 bits per heavy atom. The Kier molecular flexibility index (Phi) is 3.01. The second-order valence-corrected chi connectivity index (χ2v) is 4.86. The monoisotopic (exact) mass is 195 g/mol. The van der Waals surface area contributed by atoms with Crippen molar-refractivity contribution in [2.45, 2.75) is 19.8 Å². The molecule has 0 spiro atoms. The molecule has 0 N–H and O–H groups in total. The first-order valence-electron chi connectivity index (χ1n) is 5.08. The van der Waals surface area contributed by atoms with Gasteiger partial charge in [-0.25, -0.2) is 0 Å². The molecule has 2 heterocycles. The van der Waals surface area contributed by atoms with Gasteiger partial charge in [0.15, 0.2) is 0 Å². The molecule has 13 heavy (non-hydrogen) atoms. The molecule has 1 unspecified atom stereocenters. The van der Waals surface area contributed by atoms with Crippen molar-refractivity contribution in [1.29, 1.82) is 0 Å². The summed E-state index contributed by atoms with van der Waals surface area (Å²) in [4.78, 5) is 2.59. The van der Waals surface area contributed by atoms with Crippen LogP contribution in [0.15, 0.2) is 16.8 Å². The van der Waals surface area contributed by atoms with E-state index in [2.05, 4.69) is 28.7 Å². The Balaban J connectivity index is 1.74. The van der Waals surface area contributed by atoms with Crippen LogP contribution < -0.4 is 0 Å². The van der Waals surface area contributed by atoms with Crippen molar-refractivity contribution < 1.29 is 0 Å². The zero-order valence-electron chi connectivity index (χ0n) is 8.20. The third-order valence-electron chi connectivity index (χ3n) is 2.80. The number of nitrogens with zero attached hydrogens (tertiary/aromatic N) is 1. The fourth-order valence-corrected chi connectivity index (χ4v) is 2.65. The van der Waals surface area contributed by atoms with Gasteiger partial charge in [0, 0.05) is 13.1 Å². The molecule has 0 saturated carbocycles. The average Bonchev–Trinajstić information content (AvgIpc) is 2.71. The maximum absolute atomic E-state index is 2.59. The smallest absolute Gasteiger partial charge is 0.00222 e. The van der Waals surface area contributed by atoms with E-state index in [0.717, 1.165) is 5.92 Å². The third kappa shape index (κ3) is 2.55.